The standard InChI is InChI=1S/C23H39N9/c1-3-5-7-8-9-11-15-30-19-22(25-27-30)13-17-32-20-23(26-29-32)14-16-31-18-21(24-28-31)12-10-6-4-2/h18-20H,3-17H2,1-2H3. The van der Waals surface area contributed by atoms with Gasteiger partial charge in [0.25, 0.3) is 0 Å². The SMILES string of the molecule is CCCCCCCCn1cc(CCn2cc(CCn3cc(CCCCC)nn3)nn2)nn1. The van der Waals surface area contributed by atoms with Crippen LogP contribution in [0.3, 0.4) is 0 Å². The largest absolute Gasteiger partial charge is 0.252 e. The van der Waals surface area contributed by atoms with Crippen LogP contribution in [0, 0.1) is 0 Å². The zero-order valence-corrected chi connectivity index (χ0v) is 19.9. The molecule has 3 aromatic rings. The summed E-state index contributed by atoms with van der Waals surface area (Å²) in [6.07, 6.45) is 20.1. The van der Waals surface area contributed by atoms with Gasteiger partial charge in [-0.3, -0.25) is 14.0 Å². The zero-order valence-electron chi connectivity index (χ0n) is 19.9. The summed E-state index contributed by atoms with van der Waals surface area (Å²) in [5.41, 5.74) is 3.05. The van der Waals surface area contributed by atoms with Crippen LogP contribution in [-0.2, 0) is 38.9 Å². The molecule has 0 atom stereocenters. The molecule has 32 heavy (non-hydrogen) atoms. The molecule has 0 aliphatic carbocycles. The first-order chi connectivity index (χ1) is 15.8. The van der Waals surface area contributed by atoms with E-state index in [0.717, 1.165) is 56.0 Å². The molecule has 0 unspecified atom stereocenters. The van der Waals surface area contributed by atoms with Crippen LogP contribution in [0.2, 0.25) is 0 Å². The summed E-state index contributed by atoms with van der Waals surface area (Å²) in [5, 5.41) is 25.6. The van der Waals surface area contributed by atoms with Gasteiger partial charge in [0.1, 0.15) is 0 Å². The van der Waals surface area contributed by atoms with Gasteiger partial charge in [-0.2, -0.15) is 0 Å². The van der Waals surface area contributed by atoms with Crippen LogP contribution in [-0.4, -0.2) is 45.0 Å². The highest BCUT2D eigenvalue weighted by Crippen LogP contribution is 2.07. The van der Waals surface area contributed by atoms with Crippen LogP contribution < -0.4 is 0 Å². The smallest absolute Gasteiger partial charge is 0.0845 e. The predicted molar refractivity (Wildman–Crippen MR) is 124 cm³/mol. The van der Waals surface area contributed by atoms with Crippen molar-refractivity contribution in [2.45, 2.75) is 111 Å². The molecule has 0 bridgehead atoms. The highest BCUT2D eigenvalue weighted by atomic mass is 15.4. The van der Waals surface area contributed by atoms with Gasteiger partial charge in [-0.25, -0.2) is 0 Å². The summed E-state index contributed by atoms with van der Waals surface area (Å²) in [5.74, 6) is 0. The first kappa shape index (κ1) is 24.1. The maximum Gasteiger partial charge on any atom is 0.0845 e. The molecule has 9 nitrogen and oxygen atoms in total. The molecule has 0 spiro atoms. The summed E-state index contributed by atoms with van der Waals surface area (Å²) in [4.78, 5) is 0. The molecule has 176 valence electrons. The topological polar surface area (TPSA) is 92.1 Å². The number of nitrogens with zero attached hydrogens (tertiary/aromatic N) is 9. The van der Waals surface area contributed by atoms with E-state index >= 15 is 0 Å². The van der Waals surface area contributed by atoms with Crippen LogP contribution in [0.4, 0.5) is 0 Å². The van der Waals surface area contributed by atoms with Crippen LogP contribution >= 0.6 is 0 Å². The summed E-state index contributed by atoms with van der Waals surface area (Å²) in [7, 11) is 0. The quantitative estimate of drug-likeness (QED) is 0.294. The Morgan fingerprint density at radius 2 is 0.938 bits per heavy atom. The highest BCUT2D eigenvalue weighted by Gasteiger charge is 2.06. The minimum absolute atomic E-state index is 0.758. The van der Waals surface area contributed by atoms with Crippen LogP contribution in [0.5, 0.6) is 0 Å². The summed E-state index contributed by atoms with van der Waals surface area (Å²) >= 11 is 0. The number of aromatic nitrogens is 9. The molecule has 3 aromatic heterocycles. The molecule has 3 heterocycles. The van der Waals surface area contributed by atoms with E-state index in [1.54, 1.807) is 0 Å². The molecule has 0 radical (unpaired) electrons. The van der Waals surface area contributed by atoms with E-state index in [1.807, 2.05) is 20.2 Å². The summed E-state index contributed by atoms with van der Waals surface area (Å²) < 4.78 is 5.76. The number of hydrogen-bond acceptors (Lipinski definition) is 6. The maximum absolute atomic E-state index is 4.30. The van der Waals surface area contributed by atoms with E-state index in [2.05, 4.69) is 57.2 Å². The number of unbranched alkanes of at least 4 members (excludes halogenated alkanes) is 7. The summed E-state index contributed by atoms with van der Waals surface area (Å²) in [6.45, 7) is 6.94. The Morgan fingerprint density at radius 3 is 1.50 bits per heavy atom. The fourth-order valence-corrected chi connectivity index (χ4v) is 3.76. The predicted octanol–water partition coefficient (Wildman–Crippen LogP) is 4.04. The minimum Gasteiger partial charge on any atom is -0.252 e. The van der Waals surface area contributed by atoms with Crippen LogP contribution in [0.25, 0.3) is 0 Å². The van der Waals surface area contributed by atoms with Crippen molar-refractivity contribution in [1.82, 2.24) is 45.0 Å². The molecular weight excluding hydrogens is 402 g/mol. The molecule has 0 fully saturated rings. The van der Waals surface area contributed by atoms with Gasteiger partial charge in [0.2, 0.25) is 0 Å². The second-order valence-electron chi connectivity index (χ2n) is 8.64. The van der Waals surface area contributed by atoms with Gasteiger partial charge in [0, 0.05) is 51.1 Å². The third-order valence-corrected chi connectivity index (χ3v) is 5.73. The normalized spacial score (nSPS) is 11.4. The van der Waals surface area contributed by atoms with Gasteiger partial charge in [0.05, 0.1) is 17.1 Å². The number of aryl methyl sites for hydroxylation is 6. The fourth-order valence-electron chi connectivity index (χ4n) is 3.76. The lowest BCUT2D eigenvalue weighted by atomic mass is 10.1. The Balaban J connectivity index is 1.33. The van der Waals surface area contributed by atoms with Crippen molar-refractivity contribution in [1.29, 1.82) is 0 Å². The van der Waals surface area contributed by atoms with E-state index < -0.39 is 0 Å². The van der Waals surface area contributed by atoms with Crippen molar-refractivity contribution in [3.8, 4) is 0 Å². The van der Waals surface area contributed by atoms with Gasteiger partial charge in [-0.15, -0.1) is 15.3 Å². The van der Waals surface area contributed by atoms with E-state index in [0.29, 0.717) is 0 Å². The molecule has 0 aliphatic rings. The number of hydrogen-bond donors (Lipinski definition) is 0. The van der Waals surface area contributed by atoms with E-state index in [1.165, 1.54) is 57.8 Å². The zero-order chi connectivity index (χ0) is 22.4. The lowest BCUT2D eigenvalue weighted by Gasteiger charge is -2.00. The number of rotatable bonds is 17. The minimum atomic E-state index is 0.758. The average molecular weight is 442 g/mol. The molecule has 3 rings (SSSR count). The van der Waals surface area contributed by atoms with E-state index in [-0.39, 0.29) is 0 Å². The Kier molecular flexibility index (Phi) is 10.3. The van der Waals surface area contributed by atoms with Crippen molar-refractivity contribution in [2.24, 2.45) is 0 Å². The summed E-state index contributed by atoms with van der Waals surface area (Å²) in [6, 6.07) is 0. The van der Waals surface area contributed by atoms with Crippen molar-refractivity contribution < 1.29 is 0 Å². The third kappa shape index (κ3) is 8.51. The average Bonchev–Trinajstić information content (AvgIpc) is 3.55. The second-order valence-corrected chi connectivity index (χ2v) is 8.64. The van der Waals surface area contributed by atoms with Gasteiger partial charge < -0.3 is 0 Å². The van der Waals surface area contributed by atoms with Crippen molar-refractivity contribution in [3.63, 3.8) is 0 Å². The molecular formula is C23H39N9. The van der Waals surface area contributed by atoms with E-state index in [9.17, 15) is 0 Å². The lowest BCUT2D eigenvalue weighted by Crippen LogP contribution is -2.03. The fraction of sp³-hybridized carbons (Fsp3) is 0.739. The van der Waals surface area contributed by atoms with E-state index in [4.69, 9.17) is 0 Å². The van der Waals surface area contributed by atoms with Crippen LogP contribution in [0.1, 0.15) is 88.7 Å². The van der Waals surface area contributed by atoms with Gasteiger partial charge in [-0.1, -0.05) is 74.4 Å². The first-order valence-electron chi connectivity index (χ1n) is 12.4. The molecule has 0 N–H and O–H groups in total. The van der Waals surface area contributed by atoms with Crippen LogP contribution in [0.15, 0.2) is 18.6 Å². The van der Waals surface area contributed by atoms with Gasteiger partial charge in [0.15, 0.2) is 0 Å². The molecule has 9 heteroatoms. The molecule has 0 aliphatic heterocycles. The highest BCUT2D eigenvalue weighted by molar-refractivity contribution is 4.96. The molecule has 0 saturated carbocycles. The van der Waals surface area contributed by atoms with Gasteiger partial charge in [-0.05, 0) is 19.3 Å². The molecule has 0 saturated heterocycles. The van der Waals surface area contributed by atoms with Gasteiger partial charge >= 0.3 is 0 Å². The Morgan fingerprint density at radius 1 is 0.500 bits per heavy atom. The Hall–Kier alpha value is -2.58. The lowest BCUT2D eigenvalue weighted by molar-refractivity contribution is 0.516. The first-order valence-corrected chi connectivity index (χ1v) is 12.4. The maximum atomic E-state index is 4.30. The second kappa shape index (κ2) is 13.8. The van der Waals surface area contributed by atoms with Crippen molar-refractivity contribution >= 4 is 0 Å². The Bertz CT molecular complexity index is 880. The molecule has 0 amide bonds. The third-order valence-electron chi connectivity index (χ3n) is 5.73. The monoisotopic (exact) mass is 441 g/mol. The van der Waals surface area contributed by atoms with Crippen molar-refractivity contribution in [3.05, 3.63) is 35.7 Å². The van der Waals surface area contributed by atoms with Crippen molar-refractivity contribution in [2.75, 3.05) is 0 Å². The Labute approximate surface area is 191 Å². The molecule has 0 aromatic carbocycles.